The van der Waals surface area contributed by atoms with Crippen molar-refractivity contribution in [3.63, 3.8) is 0 Å². The quantitative estimate of drug-likeness (QED) is 0.375. The van der Waals surface area contributed by atoms with Gasteiger partial charge in [0.25, 0.3) is 0 Å². The van der Waals surface area contributed by atoms with E-state index in [-0.39, 0.29) is 17.9 Å². The Morgan fingerprint density at radius 1 is 0.839 bits per heavy atom. The summed E-state index contributed by atoms with van der Waals surface area (Å²) in [5.41, 5.74) is 2.08. The molecule has 160 valence electrons. The van der Waals surface area contributed by atoms with Crippen molar-refractivity contribution in [2.24, 2.45) is 5.92 Å². The second kappa shape index (κ2) is 9.15. The number of hydrogen-bond acceptors (Lipinski definition) is 1. The van der Waals surface area contributed by atoms with Crippen LogP contribution in [0.2, 0.25) is 15.1 Å². The number of carbonyl (C=O) groups is 1. The molecule has 1 aliphatic rings. The first-order chi connectivity index (χ1) is 14.8. The molecule has 3 aromatic rings. The minimum Gasteiger partial charge on any atom is -0.305 e. The van der Waals surface area contributed by atoms with Gasteiger partial charge in [-0.1, -0.05) is 46.9 Å². The predicted octanol–water partition coefficient (Wildman–Crippen LogP) is 7.65. The predicted molar refractivity (Wildman–Crippen MR) is 121 cm³/mol. The minimum absolute atomic E-state index is 0.102. The number of halogens is 5. The maximum absolute atomic E-state index is 13.7. The third-order valence-electron chi connectivity index (χ3n) is 5.58. The Morgan fingerprint density at radius 2 is 1.55 bits per heavy atom. The largest absolute Gasteiger partial charge is 0.305 e. The highest BCUT2D eigenvalue weighted by Gasteiger charge is 2.38. The molecule has 0 aliphatic carbocycles. The van der Waals surface area contributed by atoms with Gasteiger partial charge in [0, 0.05) is 26.7 Å². The molecule has 1 saturated heterocycles. The molecule has 0 bridgehead atoms. The van der Waals surface area contributed by atoms with Crippen molar-refractivity contribution in [3.8, 4) is 0 Å². The summed E-state index contributed by atoms with van der Waals surface area (Å²) in [7, 11) is 0. The molecule has 1 amide bonds. The summed E-state index contributed by atoms with van der Waals surface area (Å²) < 4.78 is 27.0. The van der Waals surface area contributed by atoms with Gasteiger partial charge in [-0.15, -0.1) is 0 Å². The molecule has 0 saturated carbocycles. The van der Waals surface area contributed by atoms with Crippen LogP contribution in [-0.4, -0.2) is 5.91 Å². The van der Waals surface area contributed by atoms with E-state index in [9.17, 15) is 13.6 Å². The lowest BCUT2D eigenvalue weighted by atomic mass is 9.84. The molecule has 2 nitrogen and oxygen atoms in total. The van der Waals surface area contributed by atoms with E-state index in [4.69, 9.17) is 34.8 Å². The van der Waals surface area contributed by atoms with Crippen LogP contribution in [0.4, 0.5) is 14.5 Å². The first-order valence-corrected chi connectivity index (χ1v) is 10.9. The summed E-state index contributed by atoms with van der Waals surface area (Å²) in [4.78, 5) is 15.3. The van der Waals surface area contributed by atoms with Crippen molar-refractivity contribution < 1.29 is 13.6 Å². The molecule has 4 rings (SSSR count). The van der Waals surface area contributed by atoms with E-state index in [1.54, 1.807) is 41.3 Å². The molecule has 0 N–H and O–H groups in total. The van der Waals surface area contributed by atoms with Crippen LogP contribution in [0.15, 0.2) is 60.7 Å². The van der Waals surface area contributed by atoms with Gasteiger partial charge in [-0.3, -0.25) is 4.79 Å². The molecule has 0 aromatic heterocycles. The molecule has 0 spiro atoms. The van der Waals surface area contributed by atoms with E-state index in [1.165, 1.54) is 6.07 Å². The summed E-state index contributed by atoms with van der Waals surface area (Å²) in [6.45, 7) is 0. The van der Waals surface area contributed by atoms with Gasteiger partial charge in [0.05, 0.1) is 6.04 Å². The molecular formula is C24H18Cl3F2NO. The van der Waals surface area contributed by atoms with Crippen LogP contribution in [0.1, 0.15) is 30.0 Å². The summed E-state index contributed by atoms with van der Waals surface area (Å²) in [5, 5.41) is 1.57. The zero-order valence-corrected chi connectivity index (χ0v) is 18.6. The minimum atomic E-state index is -0.916. The third kappa shape index (κ3) is 4.72. The molecular weight excluding hydrogens is 463 g/mol. The maximum Gasteiger partial charge on any atom is 0.231 e. The number of nitrogens with zero attached hydrogens (tertiary/aromatic N) is 1. The normalized spacial score (nSPS) is 19.0. The molecule has 3 aromatic carbocycles. The van der Waals surface area contributed by atoms with Crippen molar-refractivity contribution in [1.29, 1.82) is 0 Å². The van der Waals surface area contributed by atoms with Crippen molar-refractivity contribution in [2.75, 3.05) is 4.90 Å². The molecule has 2 atom stereocenters. The summed E-state index contributed by atoms with van der Waals surface area (Å²) >= 11 is 18.6. The van der Waals surface area contributed by atoms with Crippen molar-refractivity contribution in [2.45, 2.75) is 25.3 Å². The van der Waals surface area contributed by atoms with E-state index >= 15 is 0 Å². The fourth-order valence-corrected chi connectivity index (χ4v) is 4.74. The lowest BCUT2D eigenvalue weighted by molar-refractivity contribution is -0.124. The van der Waals surface area contributed by atoms with E-state index in [0.29, 0.717) is 45.6 Å². The van der Waals surface area contributed by atoms with Gasteiger partial charge in [-0.2, -0.15) is 0 Å². The maximum atomic E-state index is 13.7. The second-order valence-corrected chi connectivity index (χ2v) is 8.87. The summed E-state index contributed by atoms with van der Waals surface area (Å²) in [6, 6.07) is 15.8. The van der Waals surface area contributed by atoms with Gasteiger partial charge in [0.2, 0.25) is 5.91 Å². The van der Waals surface area contributed by atoms with Gasteiger partial charge in [-0.05, 0) is 78.9 Å². The van der Waals surface area contributed by atoms with E-state index in [1.807, 2.05) is 6.07 Å². The van der Waals surface area contributed by atoms with E-state index in [2.05, 4.69) is 0 Å². The van der Waals surface area contributed by atoms with Crippen LogP contribution in [0.5, 0.6) is 0 Å². The van der Waals surface area contributed by atoms with Crippen LogP contribution in [-0.2, 0) is 11.2 Å². The van der Waals surface area contributed by atoms with Gasteiger partial charge in [-0.25, -0.2) is 8.78 Å². The first-order valence-electron chi connectivity index (χ1n) is 9.81. The Morgan fingerprint density at radius 3 is 2.23 bits per heavy atom. The zero-order valence-electron chi connectivity index (χ0n) is 16.3. The van der Waals surface area contributed by atoms with Gasteiger partial charge in [0.1, 0.15) is 0 Å². The van der Waals surface area contributed by atoms with Gasteiger partial charge < -0.3 is 4.90 Å². The number of carbonyl (C=O) groups excluding carboxylic acids is 1. The van der Waals surface area contributed by atoms with Crippen molar-refractivity contribution in [3.05, 3.63) is 98.5 Å². The molecule has 2 unspecified atom stereocenters. The molecule has 31 heavy (non-hydrogen) atoms. The highest BCUT2D eigenvalue weighted by Crippen LogP contribution is 2.42. The van der Waals surface area contributed by atoms with Crippen LogP contribution >= 0.6 is 34.8 Å². The van der Waals surface area contributed by atoms with Crippen LogP contribution in [0.25, 0.3) is 0 Å². The summed E-state index contributed by atoms with van der Waals surface area (Å²) in [6.07, 6.45) is 1.57. The van der Waals surface area contributed by atoms with Crippen molar-refractivity contribution >= 4 is 46.4 Å². The number of anilines is 1. The topological polar surface area (TPSA) is 20.3 Å². The number of hydrogen-bond donors (Lipinski definition) is 0. The Balaban J connectivity index is 1.69. The fraction of sp³-hybridized carbons (Fsp3) is 0.208. The number of amides is 1. The average molecular weight is 481 g/mol. The molecule has 1 fully saturated rings. The van der Waals surface area contributed by atoms with Gasteiger partial charge >= 0.3 is 0 Å². The van der Waals surface area contributed by atoms with Crippen LogP contribution < -0.4 is 4.90 Å². The standard InChI is InChI=1S/C24H18Cl3F2NO/c25-16-3-6-18(7-4-16)30-23(19-8-5-17(26)13-20(19)27)10-2-15(24(30)31)11-14-1-9-21(28)22(29)12-14/h1,3-9,12-13,15,23H,2,10-11H2. The fourth-order valence-electron chi connectivity index (χ4n) is 4.08. The Bertz CT molecular complexity index is 1120. The molecule has 7 heteroatoms. The molecule has 1 heterocycles. The van der Waals surface area contributed by atoms with Crippen LogP contribution in [0.3, 0.4) is 0 Å². The number of piperidine rings is 1. The van der Waals surface area contributed by atoms with Gasteiger partial charge in [0.15, 0.2) is 11.6 Å². The lowest BCUT2D eigenvalue weighted by Gasteiger charge is -2.40. The monoisotopic (exact) mass is 479 g/mol. The van der Waals surface area contributed by atoms with E-state index < -0.39 is 11.6 Å². The Kier molecular flexibility index (Phi) is 6.52. The smallest absolute Gasteiger partial charge is 0.231 e. The highest BCUT2D eigenvalue weighted by atomic mass is 35.5. The van der Waals surface area contributed by atoms with Crippen molar-refractivity contribution in [1.82, 2.24) is 0 Å². The molecule has 1 aliphatic heterocycles. The molecule has 0 radical (unpaired) electrons. The van der Waals surface area contributed by atoms with E-state index in [0.717, 1.165) is 17.7 Å². The second-order valence-electron chi connectivity index (χ2n) is 7.59. The van der Waals surface area contributed by atoms with Crippen LogP contribution in [0, 0.1) is 17.6 Å². The number of benzene rings is 3. The summed E-state index contributed by atoms with van der Waals surface area (Å²) in [5.74, 6) is -2.29. The lowest BCUT2D eigenvalue weighted by Crippen LogP contribution is -2.44. The first kappa shape index (κ1) is 22.1. The average Bonchev–Trinajstić information content (AvgIpc) is 2.73. The Hall–Kier alpha value is -2.14. The number of rotatable bonds is 4. The SMILES string of the molecule is O=C1C(Cc2ccc(F)c(F)c2)CCC(c2ccc(Cl)cc2Cl)N1c1ccc(Cl)cc1. The third-order valence-corrected chi connectivity index (χ3v) is 6.39. The highest BCUT2D eigenvalue weighted by molar-refractivity contribution is 6.35. The Labute approximate surface area is 194 Å². The zero-order chi connectivity index (χ0) is 22.1.